The molecule has 208 valence electrons. The van der Waals surface area contributed by atoms with Crippen molar-refractivity contribution in [3.8, 4) is 5.75 Å². The summed E-state index contributed by atoms with van der Waals surface area (Å²) in [5.41, 5.74) is 2.69. The zero-order chi connectivity index (χ0) is 27.1. The van der Waals surface area contributed by atoms with E-state index in [9.17, 15) is 9.36 Å². The Bertz CT molecular complexity index is 1150. The van der Waals surface area contributed by atoms with Gasteiger partial charge < -0.3 is 9.64 Å². The lowest BCUT2D eigenvalue weighted by Crippen LogP contribution is -2.46. The SMILES string of the molecule is COP(=O)(OC)OCN1C(=O)CCc2ccc(OCCCCN3CCN(c4cccc(Cl)c4Cl)CC3)cc21. The maximum atomic E-state index is 12.6. The average molecular weight is 586 g/mol. The van der Waals surface area contributed by atoms with Crippen molar-refractivity contribution in [2.75, 3.05) is 70.1 Å². The van der Waals surface area contributed by atoms with Gasteiger partial charge in [-0.25, -0.2) is 4.57 Å². The van der Waals surface area contributed by atoms with E-state index in [1.54, 1.807) is 0 Å². The number of rotatable bonds is 12. The van der Waals surface area contributed by atoms with Crippen molar-refractivity contribution in [1.82, 2.24) is 4.90 Å². The van der Waals surface area contributed by atoms with Crippen LogP contribution in [-0.4, -0.2) is 71.1 Å². The quantitative estimate of drug-likeness (QED) is 0.234. The number of hydrogen-bond acceptors (Lipinski definition) is 8. The summed E-state index contributed by atoms with van der Waals surface area (Å²) in [5.74, 6) is 0.559. The van der Waals surface area contributed by atoms with Gasteiger partial charge in [0.15, 0.2) is 0 Å². The van der Waals surface area contributed by atoms with E-state index in [0.717, 1.165) is 56.8 Å². The first-order valence-corrected chi connectivity index (χ1v) is 14.9. The number of aryl methyl sites for hydroxylation is 1. The van der Waals surface area contributed by atoms with Crippen LogP contribution in [0.3, 0.4) is 0 Å². The summed E-state index contributed by atoms with van der Waals surface area (Å²) in [6.07, 6.45) is 2.91. The summed E-state index contributed by atoms with van der Waals surface area (Å²) in [6.45, 7) is 5.11. The number of unbranched alkanes of at least 4 members (excludes halogenated alkanes) is 1. The van der Waals surface area contributed by atoms with Crippen molar-refractivity contribution < 1.29 is 27.7 Å². The Hall–Kier alpha value is -1.84. The van der Waals surface area contributed by atoms with Crippen LogP contribution < -0.4 is 14.5 Å². The van der Waals surface area contributed by atoms with Crippen LogP contribution in [0.4, 0.5) is 11.4 Å². The highest BCUT2D eigenvalue weighted by Crippen LogP contribution is 2.48. The van der Waals surface area contributed by atoms with E-state index >= 15 is 0 Å². The van der Waals surface area contributed by atoms with Gasteiger partial charge in [-0.1, -0.05) is 35.3 Å². The molecule has 0 saturated carbocycles. The van der Waals surface area contributed by atoms with Crippen molar-refractivity contribution in [3.63, 3.8) is 0 Å². The van der Waals surface area contributed by atoms with Gasteiger partial charge in [-0.15, -0.1) is 0 Å². The predicted octanol–water partition coefficient (Wildman–Crippen LogP) is 5.63. The molecular weight excluding hydrogens is 552 g/mol. The molecule has 2 aromatic carbocycles. The fraction of sp³-hybridized carbons (Fsp3) is 0.500. The Balaban J connectivity index is 1.22. The molecule has 0 N–H and O–H groups in total. The Kier molecular flexibility index (Phi) is 10.3. The van der Waals surface area contributed by atoms with Gasteiger partial charge in [-0.3, -0.25) is 28.2 Å². The zero-order valence-electron chi connectivity index (χ0n) is 21.7. The van der Waals surface area contributed by atoms with Crippen LogP contribution in [0.15, 0.2) is 36.4 Å². The first-order chi connectivity index (χ1) is 18.3. The molecule has 2 aliphatic heterocycles. The van der Waals surface area contributed by atoms with Crippen LogP contribution in [0.2, 0.25) is 10.0 Å². The second-order valence-electron chi connectivity index (χ2n) is 9.14. The number of phosphoric ester groups is 1. The number of hydrogen-bond donors (Lipinski definition) is 0. The van der Waals surface area contributed by atoms with Crippen molar-refractivity contribution in [3.05, 3.63) is 52.0 Å². The fourth-order valence-corrected chi connectivity index (χ4v) is 5.67. The third-order valence-corrected chi connectivity index (χ3v) is 8.97. The highest BCUT2D eigenvalue weighted by Gasteiger charge is 2.30. The number of phosphoric acid groups is 1. The molecular formula is C26H34Cl2N3O6P. The number of anilines is 2. The van der Waals surface area contributed by atoms with Crippen molar-refractivity contribution in [1.29, 1.82) is 0 Å². The van der Waals surface area contributed by atoms with Gasteiger partial charge in [0, 0.05) is 52.9 Å². The minimum absolute atomic E-state index is 0.119. The number of piperazine rings is 1. The molecule has 1 amide bonds. The van der Waals surface area contributed by atoms with Crippen molar-refractivity contribution in [2.24, 2.45) is 0 Å². The van der Waals surface area contributed by atoms with Crippen molar-refractivity contribution in [2.45, 2.75) is 25.7 Å². The van der Waals surface area contributed by atoms with Crippen LogP contribution in [0.25, 0.3) is 0 Å². The van der Waals surface area contributed by atoms with E-state index in [-0.39, 0.29) is 12.6 Å². The molecule has 9 nitrogen and oxygen atoms in total. The van der Waals surface area contributed by atoms with Gasteiger partial charge in [0.2, 0.25) is 5.91 Å². The molecule has 1 fully saturated rings. The summed E-state index contributed by atoms with van der Waals surface area (Å²) in [7, 11) is -1.23. The Labute approximate surface area is 234 Å². The summed E-state index contributed by atoms with van der Waals surface area (Å²) in [4.78, 5) is 18.7. The third kappa shape index (κ3) is 7.21. The second kappa shape index (κ2) is 13.5. The first kappa shape index (κ1) is 29.2. The molecule has 0 unspecified atom stereocenters. The van der Waals surface area contributed by atoms with Gasteiger partial charge in [0.25, 0.3) is 0 Å². The third-order valence-electron chi connectivity index (χ3n) is 6.83. The van der Waals surface area contributed by atoms with E-state index in [4.69, 9.17) is 41.5 Å². The molecule has 0 atom stereocenters. The number of nitrogens with zero attached hydrogens (tertiary/aromatic N) is 3. The second-order valence-corrected chi connectivity index (χ2v) is 11.8. The smallest absolute Gasteiger partial charge is 0.475 e. The molecule has 12 heteroatoms. The summed E-state index contributed by atoms with van der Waals surface area (Å²) < 4.78 is 33.2. The van der Waals surface area contributed by atoms with Crippen LogP contribution in [0.1, 0.15) is 24.8 Å². The highest BCUT2D eigenvalue weighted by atomic mass is 35.5. The number of halogens is 2. The summed E-state index contributed by atoms with van der Waals surface area (Å²) >= 11 is 12.6. The molecule has 2 aromatic rings. The zero-order valence-corrected chi connectivity index (χ0v) is 24.1. The van der Waals surface area contributed by atoms with E-state index in [2.05, 4.69) is 9.80 Å². The first-order valence-electron chi connectivity index (χ1n) is 12.7. The van der Waals surface area contributed by atoms with Gasteiger partial charge in [-0.2, -0.15) is 0 Å². The van der Waals surface area contributed by atoms with E-state index in [1.807, 2.05) is 36.4 Å². The topological polar surface area (TPSA) is 80.8 Å². The number of benzene rings is 2. The van der Waals surface area contributed by atoms with Crippen molar-refractivity contribution >= 4 is 48.3 Å². The highest BCUT2D eigenvalue weighted by molar-refractivity contribution is 7.48. The number of amides is 1. The minimum Gasteiger partial charge on any atom is -0.494 e. The standard InChI is InChI=1S/C26H34Cl2N3O6P/c1-34-38(33,35-2)37-19-31-24-18-21(10-8-20(24)9-11-25(31)32)36-17-4-3-12-29-13-15-30(16-14-29)23-7-5-6-22(27)26(23)28/h5-8,10,18H,3-4,9,11-17,19H2,1-2H3. The Morgan fingerprint density at radius 2 is 1.71 bits per heavy atom. The van der Waals surface area contributed by atoms with Gasteiger partial charge in [0.1, 0.15) is 12.5 Å². The number of ether oxygens (including phenoxy) is 1. The summed E-state index contributed by atoms with van der Waals surface area (Å²) in [6, 6.07) is 11.5. The molecule has 1 saturated heterocycles. The molecule has 2 heterocycles. The van der Waals surface area contributed by atoms with Gasteiger partial charge >= 0.3 is 7.82 Å². The van der Waals surface area contributed by atoms with Gasteiger partial charge in [0.05, 0.1) is 28.0 Å². The predicted molar refractivity (Wildman–Crippen MR) is 150 cm³/mol. The van der Waals surface area contributed by atoms with E-state index in [0.29, 0.717) is 40.9 Å². The lowest BCUT2D eigenvalue weighted by Gasteiger charge is -2.36. The maximum absolute atomic E-state index is 12.6. The molecule has 0 bridgehead atoms. The lowest BCUT2D eigenvalue weighted by atomic mass is 10.0. The summed E-state index contributed by atoms with van der Waals surface area (Å²) in [5, 5.41) is 1.20. The van der Waals surface area contributed by atoms with Gasteiger partial charge in [-0.05, 0) is 49.6 Å². The largest absolute Gasteiger partial charge is 0.494 e. The Morgan fingerprint density at radius 1 is 0.947 bits per heavy atom. The lowest BCUT2D eigenvalue weighted by molar-refractivity contribution is -0.119. The van der Waals surface area contributed by atoms with Crippen LogP contribution >= 0.6 is 31.0 Å². The number of carbonyl (C=O) groups excluding carboxylic acids is 1. The van der Waals surface area contributed by atoms with E-state index in [1.165, 1.54) is 19.1 Å². The molecule has 0 radical (unpaired) electrons. The number of carbonyl (C=O) groups is 1. The maximum Gasteiger partial charge on any atom is 0.475 e. The monoisotopic (exact) mass is 585 g/mol. The van der Waals surface area contributed by atoms with E-state index < -0.39 is 7.82 Å². The van der Waals surface area contributed by atoms with Crippen LogP contribution in [-0.2, 0) is 29.4 Å². The minimum atomic E-state index is -3.70. The molecule has 0 spiro atoms. The van der Waals surface area contributed by atoms with Crippen LogP contribution in [0.5, 0.6) is 5.75 Å². The molecule has 0 aromatic heterocycles. The molecule has 0 aliphatic carbocycles. The fourth-order valence-electron chi connectivity index (χ4n) is 4.63. The van der Waals surface area contributed by atoms with Crippen LogP contribution in [0, 0.1) is 0 Å². The normalized spacial score (nSPS) is 16.6. The Morgan fingerprint density at radius 3 is 2.45 bits per heavy atom. The number of fused-ring (bicyclic) bond motifs is 1. The molecule has 4 rings (SSSR count). The average Bonchev–Trinajstić information content (AvgIpc) is 2.94. The molecule has 38 heavy (non-hydrogen) atoms. The molecule has 2 aliphatic rings.